The average molecular weight is 305 g/mol. The molecule has 20 heavy (non-hydrogen) atoms. The quantitative estimate of drug-likeness (QED) is 0.752. The highest BCUT2D eigenvalue weighted by atomic mass is 35.5. The molecule has 1 aliphatic rings. The first kappa shape index (κ1) is 17.1. The van der Waals surface area contributed by atoms with Gasteiger partial charge in [-0.15, -0.1) is 11.6 Å². The number of hydrogen-bond donors (Lipinski definition) is 0. The van der Waals surface area contributed by atoms with E-state index >= 15 is 0 Å². The van der Waals surface area contributed by atoms with E-state index in [4.69, 9.17) is 16.3 Å². The summed E-state index contributed by atoms with van der Waals surface area (Å²) in [6, 6.07) is 0. The van der Waals surface area contributed by atoms with Crippen LogP contribution < -0.4 is 0 Å². The molecule has 1 atom stereocenters. The summed E-state index contributed by atoms with van der Waals surface area (Å²) < 4.78 is 5.32. The molecule has 2 amide bonds. The Balaban J connectivity index is 2.47. The first-order valence-electron chi connectivity index (χ1n) is 7.01. The molecule has 0 bridgehead atoms. The van der Waals surface area contributed by atoms with Gasteiger partial charge in [0.05, 0.1) is 0 Å². The standard InChI is InChI=1S/C14H25ClN2O3/c1-14(2,3)20-13(19)16(4)9-11-6-5-7-17(10-11)12(18)8-15/h11H,5-10H2,1-4H3/t11-/m0/s1. The monoisotopic (exact) mass is 304 g/mol. The minimum Gasteiger partial charge on any atom is -0.444 e. The topological polar surface area (TPSA) is 49.9 Å². The van der Waals surface area contributed by atoms with Crippen molar-refractivity contribution in [2.75, 3.05) is 32.6 Å². The van der Waals surface area contributed by atoms with Gasteiger partial charge in [0.1, 0.15) is 11.5 Å². The van der Waals surface area contributed by atoms with E-state index < -0.39 is 5.60 Å². The Labute approximate surface area is 126 Å². The molecule has 116 valence electrons. The molecule has 1 heterocycles. The van der Waals surface area contributed by atoms with Gasteiger partial charge in [-0.25, -0.2) is 4.79 Å². The minimum absolute atomic E-state index is 0.0224. The molecule has 1 aliphatic heterocycles. The van der Waals surface area contributed by atoms with E-state index in [1.807, 2.05) is 20.8 Å². The number of amides is 2. The molecule has 1 rings (SSSR count). The highest BCUT2D eigenvalue weighted by Crippen LogP contribution is 2.18. The number of likely N-dealkylation sites (tertiary alicyclic amines) is 1. The van der Waals surface area contributed by atoms with Crippen LogP contribution in [0.5, 0.6) is 0 Å². The van der Waals surface area contributed by atoms with Gasteiger partial charge in [0.25, 0.3) is 0 Å². The second-order valence-corrected chi connectivity index (χ2v) is 6.61. The normalized spacial score (nSPS) is 19.6. The summed E-state index contributed by atoms with van der Waals surface area (Å²) in [6.45, 7) is 7.57. The van der Waals surface area contributed by atoms with Crippen molar-refractivity contribution in [1.29, 1.82) is 0 Å². The highest BCUT2D eigenvalue weighted by Gasteiger charge is 2.26. The maximum atomic E-state index is 11.9. The summed E-state index contributed by atoms with van der Waals surface area (Å²) >= 11 is 5.59. The highest BCUT2D eigenvalue weighted by molar-refractivity contribution is 6.27. The SMILES string of the molecule is CN(C[C@@H]1CCCN(C(=O)CCl)C1)C(=O)OC(C)(C)C. The molecule has 0 aromatic carbocycles. The van der Waals surface area contributed by atoms with Crippen LogP contribution in [0.25, 0.3) is 0 Å². The van der Waals surface area contributed by atoms with E-state index in [1.165, 1.54) is 0 Å². The van der Waals surface area contributed by atoms with E-state index in [9.17, 15) is 9.59 Å². The van der Waals surface area contributed by atoms with Gasteiger partial charge >= 0.3 is 6.09 Å². The van der Waals surface area contributed by atoms with E-state index in [1.54, 1.807) is 16.8 Å². The van der Waals surface area contributed by atoms with Crippen LogP contribution in [0.4, 0.5) is 4.79 Å². The summed E-state index contributed by atoms with van der Waals surface area (Å²) in [5.74, 6) is 0.277. The molecule has 0 spiro atoms. The molecule has 1 fully saturated rings. The smallest absolute Gasteiger partial charge is 0.410 e. The number of carbonyl (C=O) groups is 2. The Morgan fingerprint density at radius 2 is 2.05 bits per heavy atom. The molecule has 6 heteroatoms. The van der Waals surface area contributed by atoms with Gasteiger partial charge in [0, 0.05) is 26.7 Å². The Kier molecular flexibility index (Phi) is 6.11. The van der Waals surface area contributed by atoms with E-state index in [-0.39, 0.29) is 23.8 Å². The molecule has 0 N–H and O–H groups in total. The van der Waals surface area contributed by atoms with Crippen molar-refractivity contribution in [2.45, 2.75) is 39.2 Å². The Morgan fingerprint density at radius 3 is 2.60 bits per heavy atom. The summed E-state index contributed by atoms with van der Waals surface area (Å²) in [6.07, 6.45) is 1.65. The zero-order valence-corrected chi connectivity index (χ0v) is 13.6. The van der Waals surface area contributed by atoms with E-state index in [2.05, 4.69) is 0 Å². The van der Waals surface area contributed by atoms with E-state index in [0.717, 1.165) is 19.4 Å². The van der Waals surface area contributed by atoms with Gasteiger partial charge in [-0.3, -0.25) is 4.79 Å². The predicted molar refractivity (Wildman–Crippen MR) is 78.9 cm³/mol. The lowest BCUT2D eigenvalue weighted by Crippen LogP contribution is -2.45. The van der Waals surface area contributed by atoms with Crippen LogP contribution in [-0.4, -0.2) is 60.0 Å². The van der Waals surface area contributed by atoms with Gasteiger partial charge in [-0.05, 0) is 39.5 Å². The molecule has 0 aromatic heterocycles. The summed E-state index contributed by atoms with van der Waals surface area (Å²) in [5.41, 5.74) is -0.488. The number of nitrogens with zero attached hydrogens (tertiary/aromatic N) is 2. The lowest BCUT2D eigenvalue weighted by atomic mass is 9.97. The van der Waals surface area contributed by atoms with Crippen molar-refractivity contribution in [3.05, 3.63) is 0 Å². The van der Waals surface area contributed by atoms with Crippen LogP contribution in [0.1, 0.15) is 33.6 Å². The molecular formula is C14H25ClN2O3. The second kappa shape index (κ2) is 7.16. The molecule has 0 aromatic rings. The first-order chi connectivity index (χ1) is 9.23. The average Bonchev–Trinajstić information content (AvgIpc) is 2.36. The Morgan fingerprint density at radius 1 is 1.40 bits per heavy atom. The Hall–Kier alpha value is -0.970. The van der Waals surface area contributed by atoms with Crippen LogP contribution in [-0.2, 0) is 9.53 Å². The summed E-state index contributed by atoms with van der Waals surface area (Å²) in [5, 5.41) is 0. The van der Waals surface area contributed by atoms with Crippen LogP contribution in [0.2, 0.25) is 0 Å². The molecule has 0 unspecified atom stereocenters. The van der Waals surface area contributed by atoms with Gasteiger partial charge in [-0.2, -0.15) is 0 Å². The van der Waals surface area contributed by atoms with Gasteiger partial charge in [0.2, 0.25) is 5.91 Å². The van der Waals surface area contributed by atoms with Crippen molar-refractivity contribution in [1.82, 2.24) is 9.80 Å². The first-order valence-corrected chi connectivity index (χ1v) is 7.54. The number of hydrogen-bond acceptors (Lipinski definition) is 3. The van der Waals surface area contributed by atoms with Crippen molar-refractivity contribution in [3.8, 4) is 0 Å². The molecule has 0 aliphatic carbocycles. The molecule has 5 nitrogen and oxygen atoms in total. The minimum atomic E-state index is -0.488. The third-order valence-corrected chi connectivity index (χ3v) is 3.45. The second-order valence-electron chi connectivity index (χ2n) is 6.34. The lowest BCUT2D eigenvalue weighted by Gasteiger charge is -2.34. The van der Waals surface area contributed by atoms with Gasteiger partial charge < -0.3 is 14.5 Å². The fourth-order valence-electron chi connectivity index (χ4n) is 2.33. The maximum Gasteiger partial charge on any atom is 0.410 e. The number of rotatable bonds is 3. The van der Waals surface area contributed by atoms with Crippen LogP contribution >= 0.6 is 11.6 Å². The number of ether oxygens (including phenoxy) is 1. The number of piperidine rings is 1. The van der Waals surface area contributed by atoms with Crippen molar-refractivity contribution >= 4 is 23.6 Å². The molecule has 1 saturated heterocycles. The van der Waals surface area contributed by atoms with Crippen LogP contribution in [0.15, 0.2) is 0 Å². The third-order valence-electron chi connectivity index (χ3n) is 3.22. The zero-order valence-electron chi connectivity index (χ0n) is 12.8. The van der Waals surface area contributed by atoms with Crippen LogP contribution in [0.3, 0.4) is 0 Å². The molecule has 0 saturated carbocycles. The number of alkyl halides is 1. The molecular weight excluding hydrogens is 280 g/mol. The predicted octanol–water partition coefficient (Wildman–Crippen LogP) is 2.33. The summed E-state index contributed by atoms with van der Waals surface area (Å²) in [4.78, 5) is 26.9. The van der Waals surface area contributed by atoms with Crippen molar-refractivity contribution in [3.63, 3.8) is 0 Å². The van der Waals surface area contributed by atoms with Crippen LogP contribution in [0, 0.1) is 5.92 Å². The zero-order chi connectivity index (χ0) is 15.3. The van der Waals surface area contributed by atoms with Crippen molar-refractivity contribution in [2.24, 2.45) is 5.92 Å². The molecule has 0 radical (unpaired) electrons. The third kappa shape index (κ3) is 5.57. The van der Waals surface area contributed by atoms with Gasteiger partial charge in [-0.1, -0.05) is 0 Å². The van der Waals surface area contributed by atoms with Crippen molar-refractivity contribution < 1.29 is 14.3 Å². The lowest BCUT2D eigenvalue weighted by molar-refractivity contribution is -0.130. The van der Waals surface area contributed by atoms with E-state index in [0.29, 0.717) is 13.1 Å². The fourth-order valence-corrected chi connectivity index (χ4v) is 2.50. The largest absolute Gasteiger partial charge is 0.444 e. The summed E-state index contributed by atoms with van der Waals surface area (Å²) in [7, 11) is 1.73. The number of carbonyl (C=O) groups excluding carboxylic acids is 2. The fraction of sp³-hybridized carbons (Fsp3) is 0.857. The maximum absolute atomic E-state index is 11.9. The Bertz CT molecular complexity index is 355. The van der Waals surface area contributed by atoms with Gasteiger partial charge in [0.15, 0.2) is 0 Å². The number of halogens is 1.